The molecule has 2 aromatic rings. The molecule has 2 saturated heterocycles. The van der Waals surface area contributed by atoms with Crippen molar-refractivity contribution in [3.8, 4) is 0 Å². The molecule has 0 unspecified atom stereocenters. The zero-order chi connectivity index (χ0) is 24.1. The standard InChI is InChI=1S/C28H36N4O2/c1-21(2)30-16-18-31(19-17-30)28(33)25-14-15-32(20-25)26-12-10-23(11-13-26)22(3)34-27(29-4)24-8-6-5-7-9-24/h5-13,21,25H,3,14-20H2,1-2,4H3/t25-/m0/s1. The molecule has 2 heterocycles. The van der Waals surface area contributed by atoms with Crippen molar-refractivity contribution in [2.45, 2.75) is 26.3 Å². The number of hydrogen-bond acceptors (Lipinski definition) is 5. The molecule has 4 rings (SSSR count). The summed E-state index contributed by atoms with van der Waals surface area (Å²) < 4.78 is 5.96. The van der Waals surface area contributed by atoms with Crippen LogP contribution < -0.4 is 4.90 Å². The van der Waals surface area contributed by atoms with Crippen LogP contribution in [0.2, 0.25) is 0 Å². The Kier molecular flexibility index (Phi) is 7.68. The molecule has 6 nitrogen and oxygen atoms in total. The SMILES string of the molecule is C=C(OC(=NC)c1ccccc1)c1ccc(N2CC[C@H](C(=O)N3CCN(C(C)C)CC3)C2)cc1. The molecule has 0 aliphatic carbocycles. The minimum absolute atomic E-state index is 0.0813. The molecule has 0 aromatic heterocycles. The summed E-state index contributed by atoms with van der Waals surface area (Å²) in [5, 5.41) is 0. The van der Waals surface area contributed by atoms with Gasteiger partial charge in [0.05, 0.1) is 5.92 Å². The lowest BCUT2D eigenvalue weighted by Gasteiger charge is -2.37. The molecule has 0 spiro atoms. The number of piperazine rings is 1. The van der Waals surface area contributed by atoms with E-state index in [0.717, 1.165) is 62.5 Å². The van der Waals surface area contributed by atoms with Crippen LogP contribution in [0.1, 0.15) is 31.4 Å². The molecular formula is C28H36N4O2. The van der Waals surface area contributed by atoms with Gasteiger partial charge in [-0.3, -0.25) is 14.7 Å². The Morgan fingerprint density at radius 3 is 2.26 bits per heavy atom. The summed E-state index contributed by atoms with van der Waals surface area (Å²) in [6, 6.07) is 18.6. The van der Waals surface area contributed by atoms with Crippen LogP contribution in [-0.2, 0) is 9.53 Å². The van der Waals surface area contributed by atoms with E-state index in [1.54, 1.807) is 7.05 Å². The van der Waals surface area contributed by atoms with Crippen LogP contribution in [0.25, 0.3) is 5.76 Å². The van der Waals surface area contributed by atoms with Gasteiger partial charge in [-0.1, -0.05) is 24.8 Å². The Bertz CT molecular complexity index is 1010. The summed E-state index contributed by atoms with van der Waals surface area (Å²) in [5.41, 5.74) is 2.96. The fourth-order valence-electron chi connectivity index (χ4n) is 4.76. The normalized spacial score (nSPS) is 19.5. The van der Waals surface area contributed by atoms with Gasteiger partial charge in [0, 0.05) is 69.2 Å². The number of carbonyl (C=O) groups is 1. The minimum atomic E-state index is 0.0813. The third-order valence-electron chi connectivity index (χ3n) is 6.89. The maximum Gasteiger partial charge on any atom is 0.227 e. The maximum atomic E-state index is 13.1. The van der Waals surface area contributed by atoms with Crippen molar-refractivity contribution in [1.29, 1.82) is 0 Å². The molecule has 2 aliphatic heterocycles. The molecule has 0 N–H and O–H groups in total. The van der Waals surface area contributed by atoms with Crippen LogP contribution in [0.3, 0.4) is 0 Å². The highest BCUT2D eigenvalue weighted by molar-refractivity contribution is 5.97. The van der Waals surface area contributed by atoms with E-state index in [-0.39, 0.29) is 5.92 Å². The van der Waals surface area contributed by atoms with Crippen molar-refractivity contribution in [1.82, 2.24) is 9.80 Å². The summed E-state index contributed by atoms with van der Waals surface area (Å²) in [7, 11) is 1.72. The first-order chi connectivity index (χ1) is 16.5. The largest absolute Gasteiger partial charge is 0.439 e. The van der Waals surface area contributed by atoms with Crippen LogP contribution in [-0.4, -0.2) is 74.0 Å². The second-order valence-corrected chi connectivity index (χ2v) is 9.35. The highest BCUT2D eigenvalue weighted by Gasteiger charge is 2.33. The van der Waals surface area contributed by atoms with Crippen molar-refractivity contribution < 1.29 is 9.53 Å². The fourth-order valence-corrected chi connectivity index (χ4v) is 4.76. The quantitative estimate of drug-likeness (QED) is 0.370. The number of rotatable bonds is 6. The van der Waals surface area contributed by atoms with Gasteiger partial charge in [-0.15, -0.1) is 0 Å². The van der Waals surface area contributed by atoms with Crippen molar-refractivity contribution >= 4 is 23.3 Å². The Hall–Kier alpha value is -3.12. The van der Waals surface area contributed by atoms with E-state index in [9.17, 15) is 4.79 Å². The van der Waals surface area contributed by atoms with Gasteiger partial charge in [0.15, 0.2) is 0 Å². The Morgan fingerprint density at radius 2 is 1.65 bits per heavy atom. The van der Waals surface area contributed by atoms with Gasteiger partial charge in [-0.2, -0.15) is 0 Å². The molecule has 1 amide bonds. The second kappa shape index (κ2) is 10.9. The van der Waals surface area contributed by atoms with Crippen LogP contribution in [0, 0.1) is 5.92 Å². The summed E-state index contributed by atoms with van der Waals surface area (Å²) in [4.78, 5) is 24.2. The lowest BCUT2D eigenvalue weighted by atomic mass is 10.1. The molecule has 180 valence electrons. The summed E-state index contributed by atoms with van der Waals surface area (Å²) in [5.74, 6) is 1.50. The van der Waals surface area contributed by atoms with Crippen LogP contribution in [0.15, 0.2) is 66.2 Å². The number of nitrogens with zero attached hydrogens (tertiary/aromatic N) is 4. The average molecular weight is 461 g/mol. The van der Waals surface area contributed by atoms with Crippen LogP contribution in [0.5, 0.6) is 0 Å². The predicted octanol–water partition coefficient (Wildman–Crippen LogP) is 4.13. The summed E-state index contributed by atoms with van der Waals surface area (Å²) >= 11 is 0. The van der Waals surface area contributed by atoms with E-state index in [2.05, 4.69) is 52.3 Å². The number of hydrogen-bond donors (Lipinski definition) is 0. The molecule has 6 heteroatoms. The predicted molar refractivity (Wildman–Crippen MR) is 139 cm³/mol. The smallest absolute Gasteiger partial charge is 0.227 e. The monoisotopic (exact) mass is 460 g/mol. The average Bonchev–Trinajstić information content (AvgIpc) is 3.38. The molecule has 34 heavy (non-hydrogen) atoms. The van der Waals surface area contributed by atoms with Gasteiger partial charge in [-0.05, 0) is 56.7 Å². The zero-order valence-corrected chi connectivity index (χ0v) is 20.6. The van der Waals surface area contributed by atoms with E-state index in [0.29, 0.717) is 23.6 Å². The van der Waals surface area contributed by atoms with E-state index >= 15 is 0 Å². The highest BCUT2D eigenvalue weighted by Crippen LogP contribution is 2.27. The number of benzene rings is 2. The van der Waals surface area contributed by atoms with Gasteiger partial charge < -0.3 is 14.5 Å². The topological polar surface area (TPSA) is 48.4 Å². The maximum absolute atomic E-state index is 13.1. The number of anilines is 1. The summed E-state index contributed by atoms with van der Waals surface area (Å²) in [6.45, 7) is 13.9. The van der Waals surface area contributed by atoms with Gasteiger partial charge >= 0.3 is 0 Å². The van der Waals surface area contributed by atoms with Crippen molar-refractivity contribution in [2.75, 3.05) is 51.2 Å². The fraction of sp³-hybridized carbons (Fsp3) is 0.429. The number of aliphatic imine (C=N–C) groups is 1. The van der Waals surface area contributed by atoms with E-state index in [4.69, 9.17) is 4.74 Å². The van der Waals surface area contributed by atoms with Crippen molar-refractivity contribution in [3.05, 3.63) is 72.3 Å². The molecule has 2 aliphatic rings. The van der Waals surface area contributed by atoms with E-state index in [1.807, 2.05) is 42.5 Å². The molecule has 2 fully saturated rings. The van der Waals surface area contributed by atoms with Gasteiger partial charge in [0.2, 0.25) is 11.8 Å². The van der Waals surface area contributed by atoms with Gasteiger partial charge in [0.1, 0.15) is 5.76 Å². The summed E-state index contributed by atoms with van der Waals surface area (Å²) in [6.07, 6.45) is 0.911. The highest BCUT2D eigenvalue weighted by atomic mass is 16.5. The lowest BCUT2D eigenvalue weighted by Crippen LogP contribution is -2.52. The van der Waals surface area contributed by atoms with Crippen molar-refractivity contribution in [2.24, 2.45) is 10.9 Å². The first-order valence-electron chi connectivity index (χ1n) is 12.2. The van der Waals surface area contributed by atoms with Gasteiger partial charge in [-0.25, -0.2) is 0 Å². The number of ether oxygens (including phenoxy) is 1. The second-order valence-electron chi connectivity index (χ2n) is 9.35. The third-order valence-corrected chi connectivity index (χ3v) is 6.89. The minimum Gasteiger partial charge on any atom is -0.439 e. The molecule has 0 saturated carbocycles. The lowest BCUT2D eigenvalue weighted by molar-refractivity contribution is -0.136. The number of carbonyl (C=O) groups excluding carboxylic acids is 1. The molecular weight excluding hydrogens is 424 g/mol. The first-order valence-corrected chi connectivity index (χ1v) is 12.2. The Labute approximate surface area is 203 Å². The first kappa shape index (κ1) is 24.0. The van der Waals surface area contributed by atoms with Gasteiger partial charge in [0.25, 0.3) is 0 Å². The third kappa shape index (κ3) is 5.50. The van der Waals surface area contributed by atoms with Crippen LogP contribution in [0.4, 0.5) is 5.69 Å². The Morgan fingerprint density at radius 1 is 0.971 bits per heavy atom. The molecule has 2 aromatic carbocycles. The van der Waals surface area contributed by atoms with E-state index in [1.165, 1.54) is 0 Å². The van der Waals surface area contributed by atoms with E-state index < -0.39 is 0 Å². The molecule has 0 bridgehead atoms. The number of amides is 1. The van der Waals surface area contributed by atoms with Crippen LogP contribution >= 0.6 is 0 Å². The molecule has 0 radical (unpaired) electrons. The molecule has 1 atom stereocenters. The zero-order valence-electron chi connectivity index (χ0n) is 20.6. The van der Waals surface area contributed by atoms with Crippen molar-refractivity contribution in [3.63, 3.8) is 0 Å². The Balaban J connectivity index is 1.32.